The first-order valence-corrected chi connectivity index (χ1v) is 8.82. The van der Waals surface area contributed by atoms with E-state index in [2.05, 4.69) is 15.3 Å². The summed E-state index contributed by atoms with van der Waals surface area (Å²) in [6, 6.07) is 12.3. The minimum absolute atomic E-state index is 0.287. The SMILES string of the molecule is COc1ccc(-c2n[nH]c(=S)n2/N=C\c2ccccc2OCC(=O)O)cc1OC. The van der Waals surface area contributed by atoms with Gasteiger partial charge in [0.2, 0.25) is 4.77 Å². The highest BCUT2D eigenvalue weighted by Crippen LogP contribution is 2.31. The fraction of sp³-hybridized carbons (Fsp3) is 0.158. The molecule has 0 saturated carbocycles. The van der Waals surface area contributed by atoms with Crippen LogP contribution in [-0.2, 0) is 4.79 Å². The highest BCUT2D eigenvalue weighted by atomic mass is 32.1. The molecule has 0 saturated heterocycles. The maximum absolute atomic E-state index is 10.8. The number of ether oxygens (including phenoxy) is 3. The van der Waals surface area contributed by atoms with Crippen LogP contribution in [-0.4, -0.2) is 53.0 Å². The number of rotatable bonds is 8. The molecule has 0 aliphatic carbocycles. The van der Waals surface area contributed by atoms with Crippen molar-refractivity contribution in [3.8, 4) is 28.6 Å². The smallest absolute Gasteiger partial charge is 0.341 e. The highest BCUT2D eigenvalue weighted by molar-refractivity contribution is 7.71. The van der Waals surface area contributed by atoms with E-state index >= 15 is 0 Å². The number of aromatic amines is 1. The van der Waals surface area contributed by atoms with E-state index in [4.69, 9.17) is 31.5 Å². The Balaban J connectivity index is 1.96. The summed E-state index contributed by atoms with van der Waals surface area (Å²) in [5, 5.41) is 20.2. The van der Waals surface area contributed by atoms with Crippen molar-refractivity contribution in [3.63, 3.8) is 0 Å². The van der Waals surface area contributed by atoms with Gasteiger partial charge in [0, 0.05) is 11.1 Å². The molecule has 0 radical (unpaired) electrons. The van der Waals surface area contributed by atoms with Crippen molar-refractivity contribution in [2.45, 2.75) is 0 Å². The van der Waals surface area contributed by atoms with Gasteiger partial charge in [-0.25, -0.2) is 9.89 Å². The van der Waals surface area contributed by atoms with Crippen molar-refractivity contribution in [1.82, 2.24) is 14.9 Å². The molecule has 0 amide bonds. The predicted molar refractivity (Wildman–Crippen MR) is 109 cm³/mol. The molecule has 10 heteroatoms. The summed E-state index contributed by atoms with van der Waals surface area (Å²) < 4.78 is 17.6. The number of aromatic nitrogens is 3. The van der Waals surface area contributed by atoms with Gasteiger partial charge in [0.1, 0.15) is 5.75 Å². The molecule has 150 valence electrons. The molecule has 0 aliphatic rings. The Morgan fingerprint density at radius 3 is 2.69 bits per heavy atom. The van der Waals surface area contributed by atoms with E-state index < -0.39 is 12.6 Å². The fourth-order valence-electron chi connectivity index (χ4n) is 2.54. The standard InChI is InChI=1S/C19H18N4O5S/c1-26-15-8-7-12(9-16(15)27-2)18-21-22-19(29)23(18)20-10-13-5-3-4-6-14(13)28-11-17(24)25/h3-10H,11H2,1-2H3,(H,22,29)(H,24,25)/b20-10-. The zero-order chi connectivity index (χ0) is 20.8. The molecule has 0 aliphatic heterocycles. The monoisotopic (exact) mass is 414 g/mol. The van der Waals surface area contributed by atoms with Crippen LogP contribution in [0, 0.1) is 4.77 Å². The molecule has 1 heterocycles. The van der Waals surface area contributed by atoms with Crippen molar-refractivity contribution < 1.29 is 24.1 Å². The lowest BCUT2D eigenvalue weighted by Gasteiger charge is -2.09. The number of carbonyl (C=O) groups is 1. The summed E-state index contributed by atoms with van der Waals surface area (Å²) in [6.07, 6.45) is 1.52. The lowest BCUT2D eigenvalue weighted by Crippen LogP contribution is -2.10. The van der Waals surface area contributed by atoms with E-state index in [1.54, 1.807) is 50.6 Å². The van der Waals surface area contributed by atoms with Crippen LogP contribution in [0.5, 0.6) is 17.2 Å². The van der Waals surface area contributed by atoms with Crippen molar-refractivity contribution >= 4 is 24.4 Å². The van der Waals surface area contributed by atoms with Gasteiger partial charge in [0.25, 0.3) is 0 Å². The van der Waals surface area contributed by atoms with Gasteiger partial charge in [-0.1, -0.05) is 12.1 Å². The van der Waals surface area contributed by atoms with Gasteiger partial charge in [0.15, 0.2) is 23.9 Å². The van der Waals surface area contributed by atoms with Gasteiger partial charge in [-0.05, 0) is 42.5 Å². The molecule has 1 aromatic heterocycles. The predicted octanol–water partition coefficient (Wildman–Crippen LogP) is 2.97. The number of aliphatic carboxylic acids is 1. The molecule has 0 fully saturated rings. The van der Waals surface area contributed by atoms with Gasteiger partial charge < -0.3 is 19.3 Å². The van der Waals surface area contributed by atoms with Gasteiger partial charge in [-0.2, -0.15) is 14.9 Å². The Hall–Kier alpha value is -3.66. The van der Waals surface area contributed by atoms with Gasteiger partial charge >= 0.3 is 5.97 Å². The van der Waals surface area contributed by atoms with Crippen LogP contribution in [0.15, 0.2) is 47.6 Å². The Labute approximate surface area is 171 Å². The Morgan fingerprint density at radius 1 is 1.21 bits per heavy atom. The first-order chi connectivity index (χ1) is 14.0. The molecular formula is C19H18N4O5S. The Kier molecular flexibility index (Phi) is 6.25. The summed E-state index contributed by atoms with van der Waals surface area (Å²) in [5.41, 5.74) is 1.30. The fourth-order valence-corrected chi connectivity index (χ4v) is 2.72. The van der Waals surface area contributed by atoms with Gasteiger partial charge in [0.05, 0.1) is 20.4 Å². The molecular weight excluding hydrogens is 396 g/mol. The average Bonchev–Trinajstić information content (AvgIpc) is 3.11. The number of methoxy groups -OCH3 is 2. The third-order valence-electron chi connectivity index (χ3n) is 3.87. The van der Waals surface area contributed by atoms with Crippen molar-refractivity contribution in [1.29, 1.82) is 0 Å². The van der Waals surface area contributed by atoms with Crippen molar-refractivity contribution in [2.75, 3.05) is 20.8 Å². The molecule has 0 atom stereocenters. The van der Waals surface area contributed by atoms with Gasteiger partial charge in [-0.15, -0.1) is 0 Å². The Bertz CT molecular complexity index is 1110. The quantitative estimate of drug-likeness (QED) is 0.431. The number of hydrogen-bond acceptors (Lipinski definition) is 7. The number of carboxylic acid groups (broad SMARTS) is 1. The maximum Gasteiger partial charge on any atom is 0.341 e. The third kappa shape index (κ3) is 4.61. The molecule has 0 unspecified atom stereocenters. The highest BCUT2D eigenvalue weighted by Gasteiger charge is 2.12. The van der Waals surface area contributed by atoms with Crippen LogP contribution >= 0.6 is 12.2 Å². The summed E-state index contributed by atoms with van der Waals surface area (Å²) >= 11 is 5.28. The van der Waals surface area contributed by atoms with E-state index in [1.807, 2.05) is 6.07 Å². The number of benzene rings is 2. The van der Waals surface area contributed by atoms with E-state index in [1.165, 1.54) is 10.9 Å². The lowest BCUT2D eigenvalue weighted by molar-refractivity contribution is -0.139. The summed E-state index contributed by atoms with van der Waals surface area (Å²) in [7, 11) is 3.10. The summed E-state index contributed by atoms with van der Waals surface area (Å²) in [5.74, 6) is 0.925. The number of para-hydroxylation sites is 1. The molecule has 0 spiro atoms. The van der Waals surface area contributed by atoms with Crippen LogP contribution < -0.4 is 14.2 Å². The van der Waals surface area contributed by atoms with E-state index in [0.717, 1.165) is 0 Å². The second kappa shape index (κ2) is 9.02. The summed E-state index contributed by atoms with van der Waals surface area (Å²) in [4.78, 5) is 10.8. The molecule has 29 heavy (non-hydrogen) atoms. The number of nitrogens with zero attached hydrogens (tertiary/aromatic N) is 3. The van der Waals surface area contributed by atoms with Crippen LogP contribution in [0.25, 0.3) is 11.4 Å². The first kappa shape index (κ1) is 20.1. The molecule has 3 aromatic rings. The van der Waals surface area contributed by atoms with Gasteiger partial charge in [-0.3, -0.25) is 0 Å². The third-order valence-corrected chi connectivity index (χ3v) is 4.14. The average molecular weight is 414 g/mol. The number of carboxylic acids is 1. The number of nitrogens with one attached hydrogen (secondary N) is 1. The molecule has 3 rings (SSSR count). The second-order valence-corrected chi connectivity index (χ2v) is 6.09. The molecule has 2 N–H and O–H groups in total. The molecule has 0 bridgehead atoms. The second-order valence-electron chi connectivity index (χ2n) is 5.70. The normalized spacial score (nSPS) is 10.8. The van der Waals surface area contributed by atoms with E-state index in [-0.39, 0.29) is 4.77 Å². The largest absolute Gasteiger partial charge is 0.493 e. The molecule has 9 nitrogen and oxygen atoms in total. The van der Waals surface area contributed by atoms with Crippen molar-refractivity contribution in [2.24, 2.45) is 5.10 Å². The minimum Gasteiger partial charge on any atom is -0.493 e. The molecule has 2 aromatic carbocycles. The Morgan fingerprint density at radius 2 is 1.97 bits per heavy atom. The van der Waals surface area contributed by atoms with E-state index in [9.17, 15) is 4.79 Å². The van der Waals surface area contributed by atoms with Crippen LogP contribution in [0.2, 0.25) is 0 Å². The maximum atomic E-state index is 10.8. The zero-order valence-electron chi connectivity index (χ0n) is 15.7. The summed E-state index contributed by atoms with van der Waals surface area (Å²) in [6.45, 7) is -0.452. The van der Waals surface area contributed by atoms with E-state index in [0.29, 0.717) is 34.2 Å². The van der Waals surface area contributed by atoms with Crippen LogP contribution in [0.1, 0.15) is 5.56 Å². The number of H-pyrrole nitrogens is 1. The zero-order valence-corrected chi connectivity index (χ0v) is 16.5. The number of hydrogen-bond donors (Lipinski definition) is 2. The van der Waals surface area contributed by atoms with Crippen LogP contribution in [0.3, 0.4) is 0 Å². The first-order valence-electron chi connectivity index (χ1n) is 8.41. The van der Waals surface area contributed by atoms with Crippen molar-refractivity contribution in [3.05, 3.63) is 52.8 Å². The minimum atomic E-state index is -1.07. The lowest BCUT2D eigenvalue weighted by atomic mass is 10.2. The van der Waals surface area contributed by atoms with Crippen LogP contribution in [0.4, 0.5) is 0 Å². The topological polar surface area (TPSA) is 111 Å².